The van der Waals surface area contributed by atoms with Gasteiger partial charge >= 0.3 is 0 Å². The van der Waals surface area contributed by atoms with Crippen LogP contribution in [0.2, 0.25) is 0 Å². The summed E-state index contributed by atoms with van der Waals surface area (Å²) in [7, 11) is 3.24. The summed E-state index contributed by atoms with van der Waals surface area (Å²) in [6.45, 7) is 11.3. The van der Waals surface area contributed by atoms with E-state index in [-0.39, 0.29) is 11.9 Å². The highest BCUT2D eigenvalue weighted by Gasteiger charge is 2.17. The second kappa shape index (κ2) is 9.62. The van der Waals surface area contributed by atoms with E-state index in [1.54, 1.807) is 14.2 Å². The lowest BCUT2D eigenvalue weighted by Crippen LogP contribution is -2.27. The van der Waals surface area contributed by atoms with E-state index in [1.165, 1.54) is 5.56 Å². The fraction of sp³-hybridized carbons (Fsp3) is 0.545. The maximum atomic E-state index is 12.5. The molecular formula is C22H33N3O3. The number of methoxy groups -OCH3 is 2. The largest absolute Gasteiger partial charge is 0.497 e. The monoisotopic (exact) mass is 387 g/mol. The molecule has 6 nitrogen and oxygen atoms in total. The van der Waals surface area contributed by atoms with Crippen molar-refractivity contribution in [3.05, 3.63) is 40.7 Å². The fourth-order valence-corrected chi connectivity index (χ4v) is 3.43. The lowest BCUT2D eigenvalue weighted by atomic mass is 10.0. The molecule has 0 aliphatic rings. The van der Waals surface area contributed by atoms with Crippen molar-refractivity contribution >= 4 is 5.91 Å². The van der Waals surface area contributed by atoms with Crippen LogP contribution in [0.3, 0.4) is 0 Å². The van der Waals surface area contributed by atoms with E-state index in [4.69, 9.17) is 9.47 Å². The van der Waals surface area contributed by atoms with Gasteiger partial charge in [0.25, 0.3) is 0 Å². The minimum Gasteiger partial charge on any atom is -0.497 e. The van der Waals surface area contributed by atoms with E-state index in [1.807, 2.05) is 32.0 Å². The van der Waals surface area contributed by atoms with Gasteiger partial charge in [0.15, 0.2) is 0 Å². The van der Waals surface area contributed by atoms with Gasteiger partial charge in [0, 0.05) is 30.3 Å². The van der Waals surface area contributed by atoms with Gasteiger partial charge in [-0.05, 0) is 50.8 Å². The molecule has 2 aromatic rings. The lowest BCUT2D eigenvalue weighted by molar-refractivity contribution is -0.121. The Morgan fingerprint density at radius 3 is 2.50 bits per heavy atom. The van der Waals surface area contributed by atoms with Gasteiger partial charge < -0.3 is 14.8 Å². The van der Waals surface area contributed by atoms with Crippen LogP contribution in [0.5, 0.6) is 11.5 Å². The van der Waals surface area contributed by atoms with Crippen LogP contribution in [0.25, 0.3) is 0 Å². The minimum atomic E-state index is -0.154. The average molecular weight is 388 g/mol. The van der Waals surface area contributed by atoms with Crippen molar-refractivity contribution in [3.8, 4) is 11.5 Å². The molecule has 0 fully saturated rings. The number of carbonyl (C=O) groups is 1. The Balaban J connectivity index is 2.00. The Bertz CT molecular complexity index is 812. The molecule has 0 aliphatic heterocycles. The Kier molecular flexibility index (Phi) is 7.49. The highest BCUT2D eigenvalue weighted by atomic mass is 16.5. The van der Waals surface area contributed by atoms with Crippen molar-refractivity contribution in [1.29, 1.82) is 0 Å². The number of benzene rings is 1. The van der Waals surface area contributed by atoms with Gasteiger partial charge in [0.1, 0.15) is 11.5 Å². The van der Waals surface area contributed by atoms with Crippen molar-refractivity contribution in [1.82, 2.24) is 15.1 Å². The summed E-state index contributed by atoms with van der Waals surface area (Å²) in [5.74, 6) is 1.98. The normalized spacial score (nSPS) is 12.1. The smallest absolute Gasteiger partial charge is 0.220 e. The van der Waals surface area contributed by atoms with Gasteiger partial charge in [0.05, 0.1) is 26.0 Å². The van der Waals surface area contributed by atoms with E-state index in [0.29, 0.717) is 24.5 Å². The van der Waals surface area contributed by atoms with Crippen LogP contribution < -0.4 is 14.8 Å². The molecule has 0 bridgehead atoms. The van der Waals surface area contributed by atoms with E-state index in [2.05, 4.69) is 35.9 Å². The van der Waals surface area contributed by atoms with Crippen molar-refractivity contribution in [2.45, 2.75) is 60.0 Å². The zero-order valence-electron chi connectivity index (χ0n) is 18.1. The summed E-state index contributed by atoms with van der Waals surface area (Å²) in [5, 5.41) is 7.70. The number of hydrogen-bond donors (Lipinski definition) is 1. The lowest BCUT2D eigenvalue weighted by Gasteiger charge is -2.18. The highest BCUT2D eigenvalue weighted by Crippen LogP contribution is 2.29. The molecular weight excluding hydrogens is 354 g/mol. The number of hydrogen-bond acceptors (Lipinski definition) is 4. The Hall–Kier alpha value is -2.50. The summed E-state index contributed by atoms with van der Waals surface area (Å²) in [6, 6.07) is 5.47. The first-order chi connectivity index (χ1) is 13.3. The first-order valence-corrected chi connectivity index (χ1v) is 9.81. The zero-order valence-corrected chi connectivity index (χ0v) is 18.1. The van der Waals surface area contributed by atoms with Gasteiger partial charge in [-0.15, -0.1) is 0 Å². The molecule has 0 aliphatic carbocycles. The third-order valence-electron chi connectivity index (χ3n) is 4.96. The van der Waals surface area contributed by atoms with Crippen LogP contribution in [0.1, 0.15) is 55.7 Å². The molecule has 1 heterocycles. The number of aromatic nitrogens is 2. The number of amides is 1. The van der Waals surface area contributed by atoms with Gasteiger partial charge in [0.2, 0.25) is 5.91 Å². The molecule has 1 aromatic carbocycles. The molecule has 1 aromatic heterocycles. The number of rotatable bonds is 9. The number of aryl methyl sites for hydroxylation is 1. The van der Waals surface area contributed by atoms with E-state index >= 15 is 0 Å². The van der Waals surface area contributed by atoms with Crippen molar-refractivity contribution < 1.29 is 14.3 Å². The topological polar surface area (TPSA) is 65.4 Å². The molecule has 2 rings (SSSR count). The predicted octanol–water partition coefficient (Wildman–Crippen LogP) is 3.98. The summed E-state index contributed by atoms with van der Waals surface area (Å²) in [4.78, 5) is 12.5. The molecule has 154 valence electrons. The number of carbonyl (C=O) groups excluding carboxylic acids is 1. The van der Waals surface area contributed by atoms with Gasteiger partial charge in [-0.1, -0.05) is 13.8 Å². The number of ether oxygens (including phenoxy) is 2. The minimum absolute atomic E-state index is 0.0146. The first-order valence-electron chi connectivity index (χ1n) is 9.81. The van der Waals surface area contributed by atoms with Crippen LogP contribution in [0.4, 0.5) is 0 Å². The maximum Gasteiger partial charge on any atom is 0.220 e. The number of nitrogens with one attached hydrogen (secondary N) is 1. The molecule has 0 saturated carbocycles. The summed E-state index contributed by atoms with van der Waals surface area (Å²) in [6.07, 6.45) is 1.12. The van der Waals surface area contributed by atoms with E-state index < -0.39 is 0 Å². The van der Waals surface area contributed by atoms with Crippen LogP contribution in [-0.2, 0) is 17.8 Å². The van der Waals surface area contributed by atoms with Crippen LogP contribution in [0, 0.1) is 19.8 Å². The average Bonchev–Trinajstić information content (AvgIpc) is 2.91. The van der Waals surface area contributed by atoms with Crippen LogP contribution in [-0.4, -0.2) is 29.9 Å². The van der Waals surface area contributed by atoms with Crippen molar-refractivity contribution in [2.24, 2.45) is 5.92 Å². The van der Waals surface area contributed by atoms with E-state index in [9.17, 15) is 4.79 Å². The van der Waals surface area contributed by atoms with Gasteiger partial charge in [-0.2, -0.15) is 5.10 Å². The van der Waals surface area contributed by atoms with Gasteiger partial charge in [-0.25, -0.2) is 0 Å². The number of nitrogens with zero attached hydrogens (tertiary/aromatic N) is 2. The molecule has 0 saturated heterocycles. The second-order valence-corrected chi connectivity index (χ2v) is 7.62. The molecule has 0 radical (unpaired) electrons. The van der Waals surface area contributed by atoms with Crippen LogP contribution in [0.15, 0.2) is 18.2 Å². The quantitative estimate of drug-likeness (QED) is 0.707. The summed E-state index contributed by atoms with van der Waals surface area (Å²) in [5.41, 5.74) is 4.26. The molecule has 1 N–H and O–H groups in total. The second-order valence-electron chi connectivity index (χ2n) is 7.62. The Labute approximate surface area is 168 Å². The van der Waals surface area contributed by atoms with E-state index in [0.717, 1.165) is 29.2 Å². The third kappa shape index (κ3) is 5.27. The highest BCUT2D eigenvalue weighted by molar-refractivity contribution is 5.77. The molecule has 1 atom stereocenters. The third-order valence-corrected chi connectivity index (χ3v) is 4.96. The molecule has 1 unspecified atom stereocenters. The fourth-order valence-electron chi connectivity index (χ4n) is 3.43. The first kappa shape index (κ1) is 21.8. The summed E-state index contributed by atoms with van der Waals surface area (Å²) < 4.78 is 12.7. The SMILES string of the molecule is COc1ccc(C(C)NC(=O)CCc2c(C)nn(CC(C)C)c2C)c(OC)c1. The summed E-state index contributed by atoms with van der Waals surface area (Å²) >= 11 is 0. The molecule has 0 spiro atoms. The Morgan fingerprint density at radius 2 is 1.89 bits per heavy atom. The van der Waals surface area contributed by atoms with Gasteiger partial charge in [-0.3, -0.25) is 9.48 Å². The van der Waals surface area contributed by atoms with Crippen LogP contribution >= 0.6 is 0 Å². The standard InChI is InChI=1S/C22H33N3O3/c1-14(2)13-25-17(5)19(16(4)24-25)10-11-22(26)23-15(3)20-9-8-18(27-6)12-21(20)28-7/h8-9,12,14-15H,10-11,13H2,1-7H3,(H,23,26). The molecule has 1 amide bonds. The Morgan fingerprint density at radius 1 is 1.18 bits per heavy atom. The maximum absolute atomic E-state index is 12.5. The predicted molar refractivity (Wildman–Crippen MR) is 111 cm³/mol. The van der Waals surface area contributed by atoms with Crippen molar-refractivity contribution in [3.63, 3.8) is 0 Å². The van der Waals surface area contributed by atoms with Crippen molar-refractivity contribution in [2.75, 3.05) is 14.2 Å². The molecule has 28 heavy (non-hydrogen) atoms. The molecule has 6 heteroatoms. The zero-order chi connectivity index (χ0) is 20.8.